The number of methoxy groups -OCH3 is 1. The summed E-state index contributed by atoms with van der Waals surface area (Å²) in [6.07, 6.45) is 1.82. The molecule has 2 aromatic carbocycles. The van der Waals surface area contributed by atoms with E-state index in [1.54, 1.807) is 7.11 Å². The van der Waals surface area contributed by atoms with Gasteiger partial charge in [-0.1, -0.05) is 35.9 Å². The quantitative estimate of drug-likeness (QED) is 0.769. The van der Waals surface area contributed by atoms with Gasteiger partial charge in [-0.3, -0.25) is 4.98 Å². The Hall–Kier alpha value is -2.26. The summed E-state index contributed by atoms with van der Waals surface area (Å²) in [7, 11) is 1.61. The average molecular weight is 299 g/mol. The van der Waals surface area contributed by atoms with Crippen molar-refractivity contribution in [2.75, 3.05) is 12.4 Å². The van der Waals surface area contributed by atoms with Gasteiger partial charge in [-0.2, -0.15) is 0 Å². The first-order valence-corrected chi connectivity index (χ1v) is 7.06. The lowest BCUT2D eigenvalue weighted by Crippen LogP contribution is -2.01. The van der Waals surface area contributed by atoms with Gasteiger partial charge < -0.3 is 10.1 Å². The zero-order valence-electron chi connectivity index (χ0n) is 11.6. The van der Waals surface area contributed by atoms with Crippen LogP contribution in [-0.4, -0.2) is 12.1 Å². The van der Waals surface area contributed by atoms with Crippen molar-refractivity contribution in [3.63, 3.8) is 0 Å². The highest BCUT2D eigenvalue weighted by Gasteiger charge is 2.04. The number of benzene rings is 2. The second-order valence-corrected chi connectivity index (χ2v) is 5.10. The molecular formula is C17H15ClN2O. The normalized spacial score (nSPS) is 10.6. The van der Waals surface area contributed by atoms with Crippen molar-refractivity contribution >= 4 is 28.2 Å². The summed E-state index contributed by atoms with van der Waals surface area (Å²) >= 11 is 6.03. The number of aromatic nitrogens is 1. The van der Waals surface area contributed by atoms with Crippen LogP contribution in [0.15, 0.2) is 54.7 Å². The molecule has 0 saturated heterocycles. The van der Waals surface area contributed by atoms with Gasteiger partial charge in [0.1, 0.15) is 5.75 Å². The molecule has 3 nitrogen and oxygen atoms in total. The van der Waals surface area contributed by atoms with Gasteiger partial charge in [0.25, 0.3) is 0 Å². The summed E-state index contributed by atoms with van der Waals surface area (Å²) in [6.45, 7) is 0.694. The number of halogens is 1. The highest BCUT2D eigenvalue weighted by Crippen LogP contribution is 2.28. The predicted octanol–water partition coefficient (Wildman–Crippen LogP) is 4.51. The number of ether oxygens (including phenoxy) is 1. The molecule has 0 fully saturated rings. The van der Waals surface area contributed by atoms with Crippen LogP contribution in [0.4, 0.5) is 5.69 Å². The fraction of sp³-hybridized carbons (Fsp3) is 0.118. The first-order valence-electron chi connectivity index (χ1n) is 6.68. The number of anilines is 1. The number of rotatable bonds is 4. The molecule has 3 aromatic rings. The Morgan fingerprint density at radius 2 is 2.00 bits per heavy atom. The van der Waals surface area contributed by atoms with E-state index in [1.807, 2.05) is 36.5 Å². The number of para-hydroxylation sites is 1. The number of pyridine rings is 1. The Labute approximate surface area is 128 Å². The minimum absolute atomic E-state index is 0.606. The molecule has 0 saturated carbocycles. The van der Waals surface area contributed by atoms with Gasteiger partial charge in [-0.05, 0) is 23.8 Å². The Morgan fingerprint density at radius 3 is 2.86 bits per heavy atom. The summed E-state index contributed by atoms with van der Waals surface area (Å²) in [5, 5.41) is 5.13. The van der Waals surface area contributed by atoms with Crippen LogP contribution in [0.5, 0.6) is 5.75 Å². The summed E-state index contributed by atoms with van der Waals surface area (Å²) in [6, 6.07) is 15.9. The van der Waals surface area contributed by atoms with Gasteiger partial charge in [-0.15, -0.1) is 0 Å². The maximum absolute atomic E-state index is 6.03. The largest absolute Gasteiger partial charge is 0.495 e. The fourth-order valence-corrected chi connectivity index (χ4v) is 2.47. The maximum atomic E-state index is 6.03. The third kappa shape index (κ3) is 2.93. The molecule has 0 radical (unpaired) electrons. The highest BCUT2D eigenvalue weighted by atomic mass is 35.5. The third-order valence-corrected chi connectivity index (χ3v) is 3.66. The van der Waals surface area contributed by atoms with Gasteiger partial charge >= 0.3 is 0 Å². The van der Waals surface area contributed by atoms with Crippen LogP contribution in [-0.2, 0) is 6.54 Å². The molecule has 1 heterocycles. The fourth-order valence-electron chi connectivity index (χ4n) is 2.28. The number of nitrogens with zero attached hydrogens (tertiary/aromatic N) is 1. The summed E-state index contributed by atoms with van der Waals surface area (Å²) < 4.78 is 5.22. The molecule has 0 spiro atoms. The SMILES string of the molecule is COc1cc(NCc2cccc3cccnc23)ccc1Cl. The Balaban J connectivity index is 1.83. The van der Waals surface area contributed by atoms with Gasteiger partial charge in [-0.25, -0.2) is 0 Å². The van der Waals surface area contributed by atoms with Crippen molar-refractivity contribution in [1.29, 1.82) is 0 Å². The number of fused-ring (bicyclic) bond motifs is 1. The van der Waals surface area contributed by atoms with E-state index in [1.165, 1.54) is 0 Å². The van der Waals surface area contributed by atoms with Crippen molar-refractivity contribution in [3.05, 3.63) is 65.3 Å². The van der Waals surface area contributed by atoms with Crippen molar-refractivity contribution in [3.8, 4) is 5.75 Å². The number of hydrogen-bond acceptors (Lipinski definition) is 3. The first-order chi connectivity index (χ1) is 10.3. The van der Waals surface area contributed by atoms with Crippen molar-refractivity contribution in [2.45, 2.75) is 6.54 Å². The molecule has 0 atom stereocenters. The van der Waals surface area contributed by atoms with Crippen LogP contribution in [0.3, 0.4) is 0 Å². The summed E-state index contributed by atoms with van der Waals surface area (Å²) in [4.78, 5) is 4.46. The molecule has 3 rings (SSSR count). The minimum atomic E-state index is 0.606. The zero-order valence-corrected chi connectivity index (χ0v) is 12.4. The van der Waals surface area contributed by atoms with E-state index < -0.39 is 0 Å². The van der Waals surface area contributed by atoms with Gasteiger partial charge in [0.05, 0.1) is 17.6 Å². The lowest BCUT2D eigenvalue weighted by molar-refractivity contribution is 0.415. The topological polar surface area (TPSA) is 34.1 Å². The third-order valence-electron chi connectivity index (χ3n) is 3.35. The van der Waals surface area contributed by atoms with E-state index in [-0.39, 0.29) is 0 Å². The molecule has 1 N–H and O–H groups in total. The van der Waals surface area contributed by atoms with Crippen LogP contribution >= 0.6 is 11.6 Å². The van der Waals surface area contributed by atoms with E-state index in [0.29, 0.717) is 17.3 Å². The molecule has 0 aliphatic carbocycles. The highest BCUT2D eigenvalue weighted by molar-refractivity contribution is 6.32. The monoisotopic (exact) mass is 298 g/mol. The van der Waals surface area contributed by atoms with Gasteiger partial charge in [0.2, 0.25) is 0 Å². The molecule has 4 heteroatoms. The van der Waals surface area contributed by atoms with Crippen LogP contribution in [0.2, 0.25) is 5.02 Å². The van der Waals surface area contributed by atoms with E-state index >= 15 is 0 Å². The lowest BCUT2D eigenvalue weighted by Gasteiger charge is -2.10. The molecule has 0 bridgehead atoms. The smallest absolute Gasteiger partial charge is 0.139 e. The number of hydrogen-bond donors (Lipinski definition) is 1. The van der Waals surface area contributed by atoms with Crippen LogP contribution in [0, 0.1) is 0 Å². The molecule has 106 valence electrons. The molecule has 21 heavy (non-hydrogen) atoms. The minimum Gasteiger partial charge on any atom is -0.495 e. The van der Waals surface area contributed by atoms with Gasteiger partial charge in [0.15, 0.2) is 0 Å². The van der Waals surface area contributed by atoms with Crippen LogP contribution in [0.25, 0.3) is 10.9 Å². The Kier molecular flexibility index (Phi) is 3.93. The molecule has 0 aliphatic heterocycles. The average Bonchev–Trinajstić information content (AvgIpc) is 2.54. The molecule has 1 aromatic heterocycles. The van der Waals surface area contributed by atoms with E-state index in [9.17, 15) is 0 Å². The maximum Gasteiger partial charge on any atom is 0.139 e. The van der Waals surface area contributed by atoms with Crippen molar-refractivity contribution in [2.24, 2.45) is 0 Å². The second kappa shape index (κ2) is 6.02. The summed E-state index contributed by atoms with van der Waals surface area (Å²) in [5.74, 6) is 0.665. The van der Waals surface area contributed by atoms with E-state index in [4.69, 9.17) is 16.3 Å². The molecule has 0 amide bonds. The van der Waals surface area contributed by atoms with Crippen LogP contribution in [0.1, 0.15) is 5.56 Å². The second-order valence-electron chi connectivity index (χ2n) is 4.70. The van der Waals surface area contributed by atoms with Gasteiger partial charge in [0, 0.05) is 29.9 Å². The van der Waals surface area contributed by atoms with Crippen molar-refractivity contribution < 1.29 is 4.74 Å². The Morgan fingerprint density at radius 1 is 1.14 bits per heavy atom. The zero-order chi connectivity index (χ0) is 14.7. The first kappa shape index (κ1) is 13.7. The van der Waals surface area contributed by atoms with Crippen LogP contribution < -0.4 is 10.1 Å². The molecule has 0 unspecified atom stereocenters. The van der Waals surface area contributed by atoms with Crippen molar-refractivity contribution in [1.82, 2.24) is 4.98 Å². The Bertz CT molecular complexity index is 768. The standard InChI is InChI=1S/C17H15ClN2O/c1-21-16-10-14(7-8-15(16)18)20-11-13-5-2-4-12-6-3-9-19-17(12)13/h2-10,20H,11H2,1H3. The summed E-state index contributed by atoms with van der Waals surface area (Å²) in [5.41, 5.74) is 3.14. The number of nitrogens with one attached hydrogen (secondary N) is 1. The lowest BCUT2D eigenvalue weighted by atomic mass is 10.1. The molecule has 0 aliphatic rings. The van der Waals surface area contributed by atoms with E-state index in [2.05, 4.69) is 28.5 Å². The molecular weight excluding hydrogens is 284 g/mol. The van der Waals surface area contributed by atoms with E-state index in [0.717, 1.165) is 22.2 Å². The predicted molar refractivity (Wildman–Crippen MR) is 87.1 cm³/mol.